The third-order valence-corrected chi connectivity index (χ3v) is 5.65. The molecular weight excluding hydrogens is 439 g/mol. The summed E-state index contributed by atoms with van der Waals surface area (Å²) in [4.78, 5) is 17.6. The third-order valence-electron chi connectivity index (χ3n) is 3.91. The van der Waals surface area contributed by atoms with Gasteiger partial charge in [0, 0.05) is 48.5 Å². The number of carbonyl (C=O) groups is 1. The Morgan fingerprint density at radius 2 is 2.12 bits per heavy atom. The van der Waals surface area contributed by atoms with Crippen LogP contribution < -0.4 is 10.6 Å². The van der Waals surface area contributed by atoms with Gasteiger partial charge in [0.1, 0.15) is 6.54 Å². The van der Waals surface area contributed by atoms with E-state index in [1.165, 1.54) is 4.90 Å². The van der Waals surface area contributed by atoms with E-state index >= 15 is 0 Å². The average Bonchev–Trinajstić information content (AvgIpc) is 2.56. The lowest BCUT2D eigenvalue weighted by molar-refractivity contribution is -0.127. The van der Waals surface area contributed by atoms with Crippen molar-refractivity contribution in [1.29, 1.82) is 0 Å². The predicted molar refractivity (Wildman–Crippen MR) is 112 cm³/mol. The molecule has 1 rings (SSSR count). The van der Waals surface area contributed by atoms with Gasteiger partial charge in [-0.3, -0.25) is 9.00 Å². The van der Waals surface area contributed by atoms with E-state index in [0.717, 1.165) is 25.7 Å². The Kier molecular flexibility index (Phi) is 12.3. The quantitative estimate of drug-likeness (QED) is 0.256. The molecule has 24 heavy (non-hydrogen) atoms. The van der Waals surface area contributed by atoms with Crippen LogP contribution >= 0.6 is 24.0 Å². The number of amides is 1. The molecule has 140 valence electrons. The van der Waals surface area contributed by atoms with Crippen LogP contribution in [0, 0.1) is 0 Å². The number of hydrogen-bond acceptors (Lipinski definition) is 3. The number of guanidine groups is 1. The van der Waals surface area contributed by atoms with E-state index in [1.54, 1.807) is 20.2 Å². The van der Waals surface area contributed by atoms with Crippen LogP contribution in [0.15, 0.2) is 17.6 Å². The molecule has 0 spiro atoms. The minimum atomic E-state index is -0.749. The lowest BCUT2D eigenvalue weighted by Gasteiger charge is -2.30. The molecule has 1 fully saturated rings. The maximum Gasteiger partial charge on any atom is 0.243 e. The van der Waals surface area contributed by atoms with Crippen molar-refractivity contribution in [2.24, 2.45) is 4.99 Å². The molecule has 0 aromatic heterocycles. The second-order valence-corrected chi connectivity index (χ2v) is 7.93. The molecule has 0 heterocycles. The van der Waals surface area contributed by atoms with Crippen LogP contribution in [0.3, 0.4) is 0 Å². The van der Waals surface area contributed by atoms with Crippen LogP contribution in [0.1, 0.15) is 32.6 Å². The van der Waals surface area contributed by atoms with Gasteiger partial charge in [-0.2, -0.15) is 0 Å². The molecule has 1 saturated carbocycles. The Labute approximate surface area is 165 Å². The van der Waals surface area contributed by atoms with Gasteiger partial charge in [-0.15, -0.1) is 30.6 Å². The maximum absolute atomic E-state index is 12.0. The smallest absolute Gasteiger partial charge is 0.243 e. The standard InChI is InChI=1S/C16H30N4O2S.HI/c1-5-10-17-16(18-12-15(21)20(3)4)19-13-8-7-9-14(11-13)23(22)6-2;/h5,13-14H,1,6-12H2,2-4H3,(H2,17,18,19);1H. The Bertz CT molecular complexity index is 457. The molecule has 0 bridgehead atoms. The number of aliphatic imine (C=N–C) groups is 1. The van der Waals surface area contributed by atoms with Gasteiger partial charge >= 0.3 is 0 Å². The van der Waals surface area contributed by atoms with Crippen LogP contribution in [-0.2, 0) is 15.6 Å². The summed E-state index contributed by atoms with van der Waals surface area (Å²) in [6.07, 6.45) is 5.77. The van der Waals surface area contributed by atoms with E-state index in [2.05, 4.69) is 22.2 Å². The monoisotopic (exact) mass is 470 g/mol. The average molecular weight is 470 g/mol. The largest absolute Gasteiger partial charge is 0.354 e. The summed E-state index contributed by atoms with van der Waals surface area (Å²) in [6.45, 7) is 6.35. The van der Waals surface area contributed by atoms with Crippen LogP contribution in [0.2, 0.25) is 0 Å². The van der Waals surface area contributed by atoms with Crippen molar-refractivity contribution in [3.63, 3.8) is 0 Å². The van der Waals surface area contributed by atoms with Gasteiger partial charge in [-0.05, 0) is 19.3 Å². The van der Waals surface area contributed by atoms with Gasteiger partial charge in [0.15, 0.2) is 5.96 Å². The fourth-order valence-corrected chi connectivity index (χ4v) is 3.90. The lowest BCUT2D eigenvalue weighted by Crippen LogP contribution is -2.47. The zero-order chi connectivity index (χ0) is 17.2. The number of hydrogen-bond donors (Lipinski definition) is 2. The second-order valence-electron chi connectivity index (χ2n) is 5.92. The molecule has 1 amide bonds. The topological polar surface area (TPSA) is 73.8 Å². The van der Waals surface area contributed by atoms with Crippen molar-refractivity contribution in [1.82, 2.24) is 15.5 Å². The third kappa shape index (κ3) is 8.46. The molecule has 0 aromatic rings. The molecule has 2 N–H and O–H groups in total. The first-order valence-corrected chi connectivity index (χ1v) is 9.59. The maximum atomic E-state index is 12.0. The number of nitrogens with zero attached hydrogens (tertiary/aromatic N) is 2. The fraction of sp³-hybridized carbons (Fsp3) is 0.750. The van der Waals surface area contributed by atoms with Crippen molar-refractivity contribution >= 4 is 46.6 Å². The highest BCUT2D eigenvalue weighted by Crippen LogP contribution is 2.22. The van der Waals surface area contributed by atoms with E-state index in [4.69, 9.17) is 0 Å². The summed E-state index contributed by atoms with van der Waals surface area (Å²) < 4.78 is 12.0. The highest BCUT2D eigenvalue weighted by atomic mass is 127. The second kappa shape index (κ2) is 12.7. The highest BCUT2D eigenvalue weighted by molar-refractivity contribution is 14.0. The summed E-state index contributed by atoms with van der Waals surface area (Å²) >= 11 is 0. The SMILES string of the molecule is C=CCNC(=NCC(=O)N(C)C)NC1CCCC(S(=O)CC)C1.I. The van der Waals surface area contributed by atoms with Crippen molar-refractivity contribution in [3.8, 4) is 0 Å². The van der Waals surface area contributed by atoms with Crippen LogP contribution in [-0.4, -0.2) is 65.2 Å². The molecule has 0 radical (unpaired) electrons. The Morgan fingerprint density at radius 3 is 2.71 bits per heavy atom. The summed E-state index contributed by atoms with van der Waals surface area (Å²) in [5.41, 5.74) is 0. The normalized spacial score (nSPS) is 22.0. The van der Waals surface area contributed by atoms with Crippen molar-refractivity contribution in [3.05, 3.63) is 12.7 Å². The van der Waals surface area contributed by atoms with E-state index in [0.29, 0.717) is 18.3 Å². The highest BCUT2D eigenvalue weighted by Gasteiger charge is 2.26. The summed E-state index contributed by atoms with van der Waals surface area (Å²) in [5, 5.41) is 6.78. The van der Waals surface area contributed by atoms with E-state index in [9.17, 15) is 9.00 Å². The van der Waals surface area contributed by atoms with E-state index in [1.807, 2.05) is 6.92 Å². The van der Waals surface area contributed by atoms with Gasteiger partial charge in [0.05, 0.1) is 0 Å². The molecule has 3 atom stereocenters. The van der Waals surface area contributed by atoms with Gasteiger partial charge in [-0.25, -0.2) is 4.99 Å². The predicted octanol–water partition coefficient (Wildman–Crippen LogP) is 1.49. The summed E-state index contributed by atoms with van der Waals surface area (Å²) in [7, 11) is 2.68. The molecule has 0 saturated heterocycles. The van der Waals surface area contributed by atoms with Gasteiger partial charge < -0.3 is 15.5 Å². The summed E-state index contributed by atoms with van der Waals surface area (Å²) in [6, 6.07) is 0.245. The van der Waals surface area contributed by atoms with E-state index in [-0.39, 0.29) is 47.7 Å². The first kappa shape index (κ1) is 23.4. The first-order chi connectivity index (χ1) is 11.0. The zero-order valence-corrected chi connectivity index (χ0v) is 18.1. The van der Waals surface area contributed by atoms with Crippen molar-refractivity contribution in [2.45, 2.75) is 43.9 Å². The molecule has 1 aliphatic rings. The molecule has 3 unspecified atom stereocenters. The minimum Gasteiger partial charge on any atom is -0.354 e. The Hall–Kier alpha value is -0.640. The number of carbonyl (C=O) groups excluding carboxylic acids is 1. The molecule has 8 heteroatoms. The van der Waals surface area contributed by atoms with Gasteiger partial charge in [-0.1, -0.05) is 19.4 Å². The van der Waals surface area contributed by atoms with Crippen LogP contribution in [0.4, 0.5) is 0 Å². The van der Waals surface area contributed by atoms with Gasteiger partial charge in [0.25, 0.3) is 0 Å². The number of nitrogens with one attached hydrogen (secondary N) is 2. The number of halogens is 1. The van der Waals surface area contributed by atoms with Crippen molar-refractivity contribution < 1.29 is 9.00 Å². The number of rotatable bonds is 7. The fourth-order valence-electron chi connectivity index (χ4n) is 2.55. The molecule has 0 aromatic carbocycles. The minimum absolute atomic E-state index is 0. The Balaban J connectivity index is 0.00000529. The summed E-state index contributed by atoms with van der Waals surface area (Å²) in [5.74, 6) is 1.29. The first-order valence-electron chi connectivity index (χ1n) is 8.21. The number of likely N-dealkylation sites (N-methyl/N-ethyl adjacent to an activating group) is 1. The van der Waals surface area contributed by atoms with Gasteiger partial charge in [0.2, 0.25) is 5.91 Å². The lowest BCUT2D eigenvalue weighted by atomic mass is 9.95. The zero-order valence-electron chi connectivity index (χ0n) is 14.9. The van der Waals surface area contributed by atoms with Crippen LogP contribution in [0.25, 0.3) is 0 Å². The molecule has 1 aliphatic carbocycles. The molecular formula is C16H31IN4O2S. The van der Waals surface area contributed by atoms with Crippen LogP contribution in [0.5, 0.6) is 0 Å². The molecule has 6 nitrogen and oxygen atoms in total. The molecule has 0 aliphatic heterocycles. The van der Waals surface area contributed by atoms with Crippen molar-refractivity contribution in [2.75, 3.05) is 32.9 Å². The van der Waals surface area contributed by atoms with E-state index < -0.39 is 10.8 Å². The Morgan fingerprint density at radius 1 is 1.42 bits per heavy atom.